The monoisotopic (exact) mass is 419 g/mol. The Kier molecular flexibility index (Phi) is 5.76. The molecule has 3 atom stereocenters. The van der Waals surface area contributed by atoms with E-state index in [1.165, 1.54) is 5.56 Å². The van der Waals surface area contributed by atoms with Gasteiger partial charge in [0.1, 0.15) is 12.6 Å². The van der Waals surface area contributed by atoms with Gasteiger partial charge in [0.15, 0.2) is 11.5 Å². The fourth-order valence-electron chi connectivity index (χ4n) is 4.97. The minimum absolute atomic E-state index is 0.0159. The maximum absolute atomic E-state index is 12.3. The molecule has 1 aliphatic carbocycles. The van der Waals surface area contributed by atoms with E-state index in [-0.39, 0.29) is 24.4 Å². The van der Waals surface area contributed by atoms with Crippen molar-refractivity contribution in [2.24, 2.45) is 0 Å². The number of fused-ring (bicyclic) bond motifs is 2. The molecule has 0 bridgehead atoms. The van der Waals surface area contributed by atoms with Gasteiger partial charge in [0.2, 0.25) is 6.79 Å². The van der Waals surface area contributed by atoms with Crippen LogP contribution in [0.15, 0.2) is 18.2 Å². The lowest BCUT2D eigenvalue weighted by Crippen LogP contribution is -2.51. The summed E-state index contributed by atoms with van der Waals surface area (Å²) in [5.74, 6) is 1.91. The van der Waals surface area contributed by atoms with Crippen molar-refractivity contribution in [1.29, 1.82) is 0 Å². The lowest BCUT2D eigenvalue weighted by Gasteiger charge is -2.43. The molecule has 4 rings (SSSR count). The van der Waals surface area contributed by atoms with Crippen molar-refractivity contribution < 1.29 is 23.7 Å². The van der Waals surface area contributed by atoms with E-state index in [1.807, 2.05) is 6.07 Å². The summed E-state index contributed by atoms with van der Waals surface area (Å²) in [6, 6.07) is 7.46. The Morgan fingerprint density at radius 3 is 2.83 bits per heavy atom. The van der Waals surface area contributed by atoms with Crippen LogP contribution in [0, 0.1) is 0 Å². The van der Waals surface area contributed by atoms with Gasteiger partial charge < -0.3 is 18.9 Å². The van der Waals surface area contributed by atoms with Crippen LogP contribution in [0.25, 0.3) is 0 Å². The molecule has 1 aromatic rings. The van der Waals surface area contributed by atoms with E-state index in [1.54, 1.807) is 0 Å². The summed E-state index contributed by atoms with van der Waals surface area (Å²) in [5, 5.41) is 0. The van der Waals surface area contributed by atoms with Crippen LogP contribution >= 0.6 is 0 Å². The molecule has 3 aliphatic rings. The predicted molar refractivity (Wildman–Crippen MR) is 113 cm³/mol. The average Bonchev–Trinajstić information content (AvgIpc) is 3.23. The number of ketones is 1. The van der Waals surface area contributed by atoms with Gasteiger partial charge >= 0.3 is 0 Å². The number of Topliss-reactive ketones (excluding diaryl/α,β-unsaturated/α-hetero) is 1. The van der Waals surface area contributed by atoms with Crippen molar-refractivity contribution in [3.8, 4) is 11.5 Å². The highest BCUT2D eigenvalue weighted by Crippen LogP contribution is 2.50. The molecule has 29 heavy (non-hydrogen) atoms. The Labute approximate surface area is 174 Å². The molecule has 7 heteroatoms. The van der Waals surface area contributed by atoms with Gasteiger partial charge in [-0.3, -0.25) is 9.69 Å². The Morgan fingerprint density at radius 1 is 1.24 bits per heavy atom. The third kappa shape index (κ3) is 4.10. The molecule has 6 nitrogen and oxygen atoms in total. The van der Waals surface area contributed by atoms with Gasteiger partial charge in [0.25, 0.3) is 0 Å². The highest BCUT2D eigenvalue weighted by molar-refractivity contribution is 6.76. The molecule has 1 aromatic carbocycles. The van der Waals surface area contributed by atoms with E-state index in [0.717, 1.165) is 37.1 Å². The van der Waals surface area contributed by atoms with Crippen LogP contribution in [0.3, 0.4) is 0 Å². The molecule has 2 aliphatic heterocycles. The number of ether oxygens (including phenoxy) is 4. The summed E-state index contributed by atoms with van der Waals surface area (Å²) in [6.07, 6.45) is 1.94. The third-order valence-electron chi connectivity index (χ3n) is 6.65. The van der Waals surface area contributed by atoms with Crippen LogP contribution in [0.2, 0.25) is 25.7 Å². The van der Waals surface area contributed by atoms with Crippen LogP contribution in [0.5, 0.6) is 11.5 Å². The van der Waals surface area contributed by atoms with E-state index in [9.17, 15) is 4.79 Å². The van der Waals surface area contributed by atoms with E-state index in [0.29, 0.717) is 25.4 Å². The minimum Gasteiger partial charge on any atom is -0.454 e. The Morgan fingerprint density at radius 2 is 2.03 bits per heavy atom. The molecule has 0 radical (unpaired) electrons. The van der Waals surface area contributed by atoms with Gasteiger partial charge in [-0.05, 0) is 37.2 Å². The smallest absolute Gasteiger partial charge is 0.231 e. The molecule has 1 saturated carbocycles. The van der Waals surface area contributed by atoms with Crippen molar-refractivity contribution in [2.75, 3.05) is 33.8 Å². The number of likely N-dealkylation sites (tertiary alicyclic amines) is 1. The number of hydrogen-bond acceptors (Lipinski definition) is 6. The topological polar surface area (TPSA) is 57.2 Å². The SMILES string of the molecule is CN1CC(OCOCC[Si](C)(C)C)[C@@]2(c3ccc4c(c3)OCO4)CCC(=O)C[C@@H]12. The predicted octanol–water partition coefficient (Wildman–Crippen LogP) is 3.42. The summed E-state index contributed by atoms with van der Waals surface area (Å²) >= 11 is 0. The van der Waals surface area contributed by atoms with Gasteiger partial charge in [-0.25, -0.2) is 0 Å². The molecule has 1 saturated heterocycles. The van der Waals surface area contributed by atoms with Crippen molar-refractivity contribution in [3.05, 3.63) is 23.8 Å². The number of nitrogens with zero attached hydrogens (tertiary/aromatic N) is 1. The Hall–Kier alpha value is -1.41. The van der Waals surface area contributed by atoms with Gasteiger partial charge in [0.05, 0.1) is 6.10 Å². The van der Waals surface area contributed by atoms with Crippen LogP contribution in [-0.2, 0) is 19.7 Å². The van der Waals surface area contributed by atoms with E-state index >= 15 is 0 Å². The number of hydrogen-bond donors (Lipinski definition) is 0. The normalized spacial score (nSPS) is 29.3. The number of rotatable bonds is 7. The van der Waals surface area contributed by atoms with Gasteiger partial charge in [-0.1, -0.05) is 25.7 Å². The van der Waals surface area contributed by atoms with Crippen molar-refractivity contribution in [1.82, 2.24) is 4.90 Å². The molecule has 0 amide bonds. The second-order valence-corrected chi connectivity index (χ2v) is 15.4. The van der Waals surface area contributed by atoms with Crippen LogP contribution < -0.4 is 9.47 Å². The fourth-order valence-corrected chi connectivity index (χ4v) is 5.72. The summed E-state index contributed by atoms with van der Waals surface area (Å²) < 4.78 is 23.3. The zero-order valence-electron chi connectivity index (χ0n) is 18.0. The van der Waals surface area contributed by atoms with Crippen LogP contribution in [0.1, 0.15) is 24.8 Å². The van der Waals surface area contributed by atoms with E-state index in [2.05, 4.69) is 43.7 Å². The Bertz CT molecular complexity index is 764. The molecular weight excluding hydrogens is 386 g/mol. The molecule has 2 heterocycles. The number of likely N-dealkylation sites (N-methyl/N-ethyl adjacent to an activating group) is 1. The summed E-state index contributed by atoms with van der Waals surface area (Å²) in [7, 11) is 0.983. The third-order valence-corrected chi connectivity index (χ3v) is 8.36. The van der Waals surface area contributed by atoms with E-state index < -0.39 is 8.07 Å². The van der Waals surface area contributed by atoms with Crippen molar-refractivity contribution in [3.63, 3.8) is 0 Å². The first-order valence-electron chi connectivity index (χ1n) is 10.6. The summed E-state index contributed by atoms with van der Waals surface area (Å²) in [6.45, 7) is 9.15. The molecule has 0 spiro atoms. The summed E-state index contributed by atoms with van der Waals surface area (Å²) in [5.41, 5.74) is 0.946. The fraction of sp³-hybridized carbons (Fsp3) is 0.682. The summed E-state index contributed by atoms with van der Waals surface area (Å²) in [4.78, 5) is 14.6. The standard InChI is InChI=1S/C22H33NO5Si/c1-23-13-21(28-14-25-9-10-29(2,3)4)22(8-7-17(24)12-20(22)23)16-5-6-18-19(11-16)27-15-26-18/h5-6,11,20-21H,7-10,12-15H2,1-4H3/t20-,21?,22-/m1/s1. The number of carbonyl (C=O) groups is 1. The number of benzene rings is 1. The quantitative estimate of drug-likeness (QED) is 0.383. The molecule has 1 unspecified atom stereocenters. The second kappa shape index (κ2) is 8.02. The molecule has 2 fully saturated rings. The molecule has 0 N–H and O–H groups in total. The Balaban J connectivity index is 1.54. The van der Waals surface area contributed by atoms with Crippen LogP contribution in [-0.4, -0.2) is 64.7 Å². The first-order chi connectivity index (χ1) is 13.8. The van der Waals surface area contributed by atoms with Gasteiger partial charge in [-0.2, -0.15) is 0 Å². The first kappa shape index (κ1) is 20.8. The zero-order valence-corrected chi connectivity index (χ0v) is 19.0. The van der Waals surface area contributed by atoms with Crippen molar-refractivity contribution >= 4 is 13.9 Å². The highest BCUT2D eigenvalue weighted by atomic mass is 28.3. The molecular formula is C22H33NO5Si. The minimum atomic E-state index is -1.11. The average molecular weight is 420 g/mol. The second-order valence-electron chi connectivity index (χ2n) is 9.80. The zero-order chi connectivity index (χ0) is 20.6. The number of carbonyl (C=O) groups excluding carboxylic acids is 1. The maximum atomic E-state index is 12.3. The van der Waals surface area contributed by atoms with E-state index in [4.69, 9.17) is 18.9 Å². The van der Waals surface area contributed by atoms with Crippen LogP contribution in [0.4, 0.5) is 0 Å². The first-order valence-corrected chi connectivity index (χ1v) is 14.3. The molecule has 0 aromatic heterocycles. The highest BCUT2D eigenvalue weighted by Gasteiger charge is 2.57. The van der Waals surface area contributed by atoms with Gasteiger partial charge in [-0.15, -0.1) is 0 Å². The lowest BCUT2D eigenvalue weighted by atomic mass is 9.64. The van der Waals surface area contributed by atoms with Gasteiger partial charge in [0, 0.05) is 45.5 Å². The molecule has 160 valence electrons. The lowest BCUT2D eigenvalue weighted by molar-refractivity contribution is -0.126. The van der Waals surface area contributed by atoms with Crippen molar-refractivity contribution in [2.45, 2.75) is 62.5 Å². The largest absolute Gasteiger partial charge is 0.454 e. The maximum Gasteiger partial charge on any atom is 0.231 e.